The third-order valence-corrected chi connectivity index (χ3v) is 1.78. The maximum absolute atomic E-state index is 12.1. The van der Waals surface area contributed by atoms with Gasteiger partial charge in [0.2, 0.25) is 0 Å². The van der Waals surface area contributed by atoms with Crippen molar-refractivity contribution >= 4 is 5.97 Å². The second-order valence-corrected chi connectivity index (χ2v) is 3.27. The van der Waals surface area contributed by atoms with Gasteiger partial charge >= 0.3 is 12.1 Å². The third-order valence-electron chi connectivity index (χ3n) is 1.78. The number of aliphatic hydroxyl groups is 1. The Hall–Kier alpha value is -0.820. The number of carboxylic acids is 1. The Morgan fingerprint density at radius 3 is 2.33 bits per heavy atom. The van der Waals surface area contributed by atoms with Crippen molar-refractivity contribution in [1.82, 2.24) is 5.32 Å². The summed E-state index contributed by atoms with van der Waals surface area (Å²) in [6, 6.07) is 0. The summed E-state index contributed by atoms with van der Waals surface area (Å²) in [6.07, 6.45) is -5.08. The van der Waals surface area contributed by atoms with Crippen LogP contribution in [0, 0.1) is 5.92 Å². The van der Waals surface area contributed by atoms with Gasteiger partial charge in [-0.05, 0) is 19.9 Å². The highest BCUT2D eigenvalue weighted by molar-refractivity contribution is 5.71. The number of aliphatic carboxylic acids is 1. The highest BCUT2D eigenvalue weighted by Crippen LogP contribution is 2.25. The van der Waals surface area contributed by atoms with E-state index in [-0.39, 0.29) is 13.0 Å². The topological polar surface area (TPSA) is 69.6 Å². The molecule has 0 saturated heterocycles. The minimum Gasteiger partial charge on any atom is -0.481 e. The highest BCUT2D eigenvalue weighted by Gasteiger charge is 2.44. The lowest BCUT2D eigenvalue weighted by Gasteiger charge is -2.16. The van der Waals surface area contributed by atoms with Crippen molar-refractivity contribution in [3.63, 3.8) is 0 Å². The molecule has 15 heavy (non-hydrogen) atoms. The van der Waals surface area contributed by atoms with Gasteiger partial charge in [-0.25, -0.2) is 0 Å². The zero-order valence-electron chi connectivity index (χ0n) is 8.21. The number of carboxylic acid groups (broad SMARTS) is 1. The Morgan fingerprint density at radius 2 is 2.00 bits per heavy atom. The smallest absolute Gasteiger partial charge is 0.403 e. The molecule has 0 fully saturated rings. The van der Waals surface area contributed by atoms with E-state index < -0.39 is 30.7 Å². The standard InChI is InChI=1S/C8H14F3NO3/c1-5(13)2-3-12-4-6(7(14)15)8(9,10)11/h5-6,12-13H,2-4H2,1H3,(H,14,15). The van der Waals surface area contributed by atoms with Crippen LogP contribution in [-0.2, 0) is 4.79 Å². The van der Waals surface area contributed by atoms with Gasteiger partial charge in [-0.1, -0.05) is 0 Å². The molecule has 0 aromatic carbocycles. The zero-order valence-corrected chi connectivity index (χ0v) is 8.21. The molecule has 0 saturated carbocycles. The van der Waals surface area contributed by atoms with Crippen molar-refractivity contribution in [2.24, 2.45) is 5.92 Å². The molecule has 2 unspecified atom stereocenters. The third kappa shape index (κ3) is 6.29. The van der Waals surface area contributed by atoms with Gasteiger partial charge in [0.1, 0.15) is 0 Å². The first kappa shape index (κ1) is 14.2. The Morgan fingerprint density at radius 1 is 1.47 bits per heavy atom. The average Bonchev–Trinajstić information content (AvgIpc) is 1.99. The molecule has 4 nitrogen and oxygen atoms in total. The molecule has 3 N–H and O–H groups in total. The van der Waals surface area contributed by atoms with E-state index >= 15 is 0 Å². The fourth-order valence-corrected chi connectivity index (χ4v) is 0.900. The van der Waals surface area contributed by atoms with E-state index in [4.69, 9.17) is 10.2 Å². The second kappa shape index (κ2) is 5.92. The van der Waals surface area contributed by atoms with Gasteiger partial charge in [-0.2, -0.15) is 13.2 Å². The Bertz CT molecular complexity index is 206. The van der Waals surface area contributed by atoms with Crippen LogP contribution in [0.25, 0.3) is 0 Å². The van der Waals surface area contributed by atoms with Crippen molar-refractivity contribution in [3.05, 3.63) is 0 Å². The molecule has 0 bridgehead atoms. The Balaban J connectivity index is 3.94. The van der Waals surface area contributed by atoms with Crippen LogP contribution >= 0.6 is 0 Å². The maximum Gasteiger partial charge on any atom is 0.403 e. The average molecular weight is 229 g/mol. The summed E-state index contributed by atoms with van der Waals surface area (Å²) in [5.74, 6) is -4.29. The number of nitrogens with one attached hydrogen (secondary N) is 1. The molecule has 2 atom stereocenters. The maximum atomic E-state index is 12.1. The zero-order chi connectivity index (χ0) is 12.1. The van der Waals surface area contributed by atoms with Gasteiger partial charge in [0.05, 0.1) is 6.10 Å². The van der Waals surface area contributed by atoms with Crippen LogP contribution in [0.5, 0.6) is 0 Å². The molecule has 0 aliphatic carbocycles. The Kier molecular flexibility index (Phi) is 5.59. The van der Waals surface area contributed by atoms with E-state index in [1.165, 1.54) is 6.92 Å². The lowest BCUT2D eigenvalue weighted by molar-refractivity contribution is -0.192. The summed E-state index contributed by atoms with van der Waals surface area (Å²) in [5, 5.41) is 19.5. The van der Waals surface area contributed by atoms with Crippen LogP contribution in [0.4, 0.5) is 13.2 Å². The summed E-state index contributed by atoms with van der Waals surface area (Å²) < 4.78 is 36.3. The molecule has 0 radical (unpaired) electrons. The van der Waals surface area contributed by atoms with Gasteiger partial charge in [0.15, 0.2) is 5.92 Å². The van der Waals surface area contributed by atoms with Gasteiger partial charge < -0.3 is 15.5 Å². The van der Waals surface area contributed by atoms with Crippen molar-refractivity contribution in [1.29, 1.82) is 0 Å². The Labute approximate surface area is 85.1 Å². The number of carbonyl (C=O) groups is 1. The molecule has 0 spiro atoms. The van der Waals surface area contributed by atoms with Crippen molar-refractivity contribution in [2.45, 2.75) is 25.6 Å². The fraction of sp³-hybridized carbons (Fsp3) is 0.875. The highest BCUT2D eigenvalue weighted by atomic mass is 19.4. The van der Waals surface area contributed by atoms with E-state index in [2.05, 4.69) is 5.32 Å². The monoisotopic (exact) mass is 229 g/mol. The van der Waals surface area contributed by atoms with Crippen molar-refractivity contribution < 1.29 is 28.2 Å². The van der Waals surface area contributed by atoms with E-state index in [1.807, 2.05) is 0 Å². The minimum atomic E-state index is -4.75. The molecule has 0 rings (SSSR count). The molecule has 0 amide bonds. The largest absolute Gasteiger partial charge is 0.481 e. The van der Waals surface area contributed by atoms with E-state index in [0.717, 1.165) is 0 Å². The first-order chi connectivity index (χ1) is 6.75. The molecule has 90 valence electrons. The van der Waals surface area contributed by atoms with Crippen LogP contribution in [0.15, 0.2) is 0 Å². The van der Waals surface area contributed by atoms with Crippen molar-refractivity contribution in [2.75, 3.05) is 13.1 Å². The molecule has 0 aromatic heterocycles. The molecule has 7 heteroatoms. The first-order valence-corrected chi connectivity index (χ1v) is 4.43. The van der Waals surface area contributed by atoms with Gasteiger partial charge in [-0.3, -0.25) is 4.79 Å². The van der Waals surface area contributed by atoms with E-state index in [1.54, 1.807) is 0 Å². The number of halogens is 3. The summed E-state index contributed by atoms with van der Waals surface area (Å²) in [4.78, 5) is 10.3. The number of aliphatic hydroxyl groups excluding tert-OH is 1. The van der Waals surface area contributed by atoms with E-state index in [0.29, 0.717) is 0 Å². The van der Waals surface area contributed by atoms with Crippen LogP contribution in [0.2, 0.25) is 0 Å². The summed E-state index contributed by atoms with van der Waals surface area (Å²) in [6.45, 7) is 0.975. The second-order valence-electron chi connectivity index (χ2n) is 3.27. The quantitative estimate of drug-likeness (QED) is 0.584. The van der Waals surface area contributed by atoms with Crippen LogP contribution < -0.4 is 5.32 Å². The van der Waals surface area contributed by atoms with Gasteiger partial charge in [0, 0.05) is 6.54 Å². The molecular weight excluding hydrogens is 215 g/mol. The number of hydrogen-bond acceptors (Lipinski definition) is 3. The molecular formula is C8H14F3NO3. The van der Waals surface area contributed by atoms with Gasteiger partial charge in [-0.15, -0.1) is 0 Å². The molecule has 0 aliphatic heterocycles. The number of rotatable bonds is 6. The summed E-state index contributed by atoms with van der Waals surface area (Å²) >= 11 is 0. The lowest BCUT2D eigenvalue weighted by Crippen LogP contribution is -2.39. The fourth-order valence-electron chi connectivity index (χ4n) is 0.900. The van der Waals surface area contributed by atoms with Crippen LogP contribution in [0.1, 0.15) is 13.3 Å². The normalized spacial score (nSPS) is 16.1. The number of hydrogen-bond donors (Lipinski definition) is 3. The van der Waals surface area contributed by atoms with E-state index in [9.17, 15) is 18.0 Å². The summed E-state index contributed by atoms with van der Waals surface area (Å²) in [7, 11) is 0. The summed E-state index contributed by atoms with van der Waals surface area (Å²) in [5.41, 5.74) is 0. The lowest BCUT2D eigenvalue weighted by atomic mass is 10.1. The first-order valence-electron chi connectivity index (χ1n) is 4.43. The molecule has 0 heterocycles. The molecule has 0 aromatic rings. The van der Waals surface area contributed by atoms with Gasteiger partial charge in [0.25, 0.3) is 0 Å². The van der Waals surface area contributed by atoms with Crippen molar-refractivity contribution in [3.8, 4) is 0 Å². The SMILES string of the molecule is CC(O)CCNCC(C(=O)O)C(F)(F)F. The molecule has 0 aliphatic rings. The van der Waals surface area contributed by atoms with Crippen LogP contribution in [-0.4, -0.2) is 41.6 Å². The minimum absolute atomic E-state index is 0.150. The number of alkyl halides is 3. The predicted molar refractivity (Wildman–Crippen MR) is 46.3 cm³/mol. The predicted octanol–water partition coefficient (Wildman–Crippen LogP) is 0.610. The van der Waals surface area contributed by atoms with Crippen LogP contribution in [0.3, 0.4) is 0 Å².